The lowest BCUT2D eigenvalue weighted by Gasteiger charge is -2.21. The van der Waals surface area contributed by atoms with Crippen LogP contribution in [0.5, 0.6) is 0 Å². The predicted molar refractivity (Wildman–Crippen MR) is 35.3 cm³/mol. The second-order valence-electron chi connectivity index (χ2n) is 2.79. The molecule has 4 nitrogen and oxygen atoms in total. The van der Waals surface area contributed by atoms with Gasteiger partial charge in [-0.15, -0.1) is 0 Å². The number of rotatable bonds is 0. The van der Waals surface area contributed by atoms with Crippen LogP contribution in [-0.4, -0.2) is 28.6 Å². The standard InChI is InChI=1S/C7H10O4/c8-5-1-3-7(10-5)4-2-6(9)11-7/h1,3,5-6,8-9H,2,4H2. The Balaban J connectivity index is 2.09. The molecule has 0 bridgehead atoms. The molecular formula is C7H10O4. The van der Waals surface area contributed by atoms with E-state index in [1.54, 1.807) is 6.08 Å². The van der Waals surface area contributed by atoms with Crippen LogP contribution in [0, 0.1) is 0 Å². The van der Waals surface area contributed by atoms with Crippen LogP contribution in [0.4, 0.5) is 0 Å². The Hall–Kier alpha value is -0.420. The average Bonchev–Trinajstić information content (AvgIpc) is 2.44. The van der Waals surface area contributed by atoms with Crippen LogP contribution in [0.15, 0.2) is 12.2 Å². The van der Waals surface area contributed by atoms with E-state index in [1.165, 1.54) is 6.08 Å². The van der Waals surface area contributed by atoms with E-state index in [0.29, 0.717) is 12.8 Å². The van der Waals surface area contributed by atoms with E-state index in [9.17, 15) is 0 Å². The van der Waals surface area contributed by atoms with Gasteiger partial charge in [0.25, 0.3) is 0 Å². The van der Waals surface area contributed by atoms with Crippen molar-refractivity contribution in [3.63, 3.8) is 0 Å². The maximum Gasteiger partial charge on any atom is 0.194 e. The minimum atomic E-state index is -0.889. The number of ether oxygens (including phenoxy) is 2. The van der Waals surface area contributed by atoms with Gasteiger partial charge in [0.05, 0.1) is 0 Å². The first-order valence-electron chi connectivity index (χ1n) is 3.61. The molecule has 2 heterocycles. The third-order valence-corrected chi connectivity index (χ3v) is 1.91. The monoisotopic (exact) mass is 158 g/mol. The van der Waals surface area contributed by atoms with Gasteiger partial charge in [-0.3, -0.25) is 0 Å². The number of aliphatic hydroxyl groups excluding tert-OH is 2. The van der Waals surface area contributed by atoms with E-state index in [-0.39, 0.29) is 0 Å². The van der Waals surface area contributed by atoms with Crippen molar-refractivity contribution in [3.05, 3.63) is 12.2 Å². The van der Waals surface area contributed by atoms with Crippen LogP contribution in [0.2, 0.25) is 0 Å². The Morgan fingerprint density at radius 2 is 2.18 bits per heavy atom. The third-order valence-electron chi connectivity index (χ3n) is 1.91. The molecule has 11 heavy (non-hydrogen) atoms. The summed E-state index contributed by atoms with van der Waals surface area (Å²) >= 11 is 0. The Kier molecular flexibility index (Phi) is 1.50. The number of aliphatic hydroxyl groups is 2. The third kappa shape index (κ3) is 1.18. The predicted octanol–water partition coefficient (Wildman–Crippen LogP) is -0.284. The smallest absolute Gasteiger partial charge is 0.194 e. The van der Waals surface area contributed by atoms with E-state index in [0.717, 1.165) is 0 Å². The normalized spacial score (nSPS) is 49.3. The molecule has 0 aromatic heterocycles. The molecule has 2 rings (SSSR count). The van der Waals surface area contributed by atoms with Crippen molar-refractivity contribution in [1.82, 2.24) is 0 Å². The molecule has 62 valence electrons. The fourth-order valence-electron chi connectivity index (χ4n) is 1.39. The highest BCUT2D eigenvalue weighted by molar-refractivity contribution is 5.06. The molecule has 1 fully saturated rings. The van der Waals surface area contributed by atoms with Crippen LogP contribution in [0.1, 0.15) is 12.8 Å². The summed E-state index contributed by atoms with van der Waals surface area (Å²) in [6.45, 7) is 0. The summed E-state index contributed by atoms with van der Waals surface area (Å²) in [5.74, 6) is -0.848. The summed E-state index contributed by atoms with van der Waals surface area (Å²) in [7, 11) is 0. The highest BCUT2D eigenvalue weighted by atomic mass is 16.8. The van der Waals surface area contributed by atoms with E-state index in [1.807, 2.05) is 0 Å². The highest BCUT2D eigenvalue weighted by Crippen LogP contribution is 2.35. The zero-order chi connectivity index (χ0) is 7.90. The van der Waals surface area contributed by atoms with Crippen molar-refractivity contribution >= 4 is 0 Å². The summed E-state index contributed by atoms with van der Waals surface area (Å²) in [6.07, 6.45) is 2.66. The molecule has 1 spiro atoms. The summed E-state index contributed by atoms with van der Waals surface area (Å²) in [6, 6.07) is 0. The van der Waals surface area contributed by atoms with Gasteiger partial charge in [-0.05, 0) is 12.2 Å². The fourth-order valence-corrected chi connectivity index (χ4v) is 1.39. The Morgan fingerprint density at radius 3 is 2.64 bits per heavy atom. The van der Waals surface area contributed by atoms with Gasteiger partial charge in [0.15, 0.2) is 18.4 Å². The molecule has 0 aromatic carbocycles. The first-order chi connectivity index (χ1) is 5.20. The molecule has 4 heteroatoms. The molecule has 0 amide bonds. The lowest BCUT2D eigenvalue weighted by atomic mass is 10.2. The second kappa shape index (κ2) is 2.28. The van der Waals surface area contributed by atoms with Gasteiger partial charge < -0.3 is 19.7 Å². The van der Waals surface area contributed by atoms with Crippen LogP contribution < -0.4 is 0 Å². The molecule has 2 N–H and O–H groups in total. The molecule has 2 aliphatic heterocycles. The Labute approximate surface area is 64.0 Å². The van der Waals surface area contributed by atoms with Gasteiger partial charge in [0.2, 0.25) is 0 Å². The number of hydrogen-bond donors (Lipinski definition) is 2. The minimum absolute atomic E-state index is 0.553. The molecule has 0 aliphatic carbocycles. The lowest BCUT2D eigenvalue weighted by Crippen LogP contribution is -2.29. The van der Waals surface area contributed by atoms with Crippen LogP contribution in [0.25, 0.3) is 0 Å². The molecule has 2 aliphatic rings. The zero-order valence-electron chi connectivity index (χ0n) is 5.93. The first-order valence-corrected chi connectivity index (χ1v) is 3.61. The number of hydrogen-bond acceptors (Lipinski definition) is 4. The average molecular weight is 158 g/mol. The van der Waals surface area contributed by atoms with Gasteiger partial charge in [0, 0.05) is 12.8 Å². The molecular weight excluding hydrogens is 148 g/mol. The van der Waals surface area contributed by atoms with Gasteiger partial charge in [0.1, 0.15) is 0 Å². The van der Waals surface area contributed by atoms with Crippen LogP contribution in [0.3, 0.4) is 0 Å². The summed E-state index contributed by atoms with van der Waals surface area (Å²) in [5.41, 5.74) is 0. The van der Waals surface area contributed by atoms with Crippen molar-refractivity contribution in [2.45, 2.75) is 31.2 Å². The van der Waals surface area contributed by atoms with E-state index < -0.39 is 18.4 Å². The summed E-state index contributed by atoms with van der Waals surface area (Å²) in [5, 5.41) is 18.0. The first kappa shape index (κ1) is 7.24. The largest absolute Gasteiger partial charge is 0.368 e. The molecule has 3 unspecified atom stereocenters. The van der Waals surface area contributed by atoms with Gasteiger partial charge >= 0.3 is 0 Å². The van der Waals surface area contributed by atoms with Crippen molar-refractivity contribution in [2.75, 3.05) is 0 Å². The van der Waals surface area contributed by atoms with Crippen LogP contribution >= 0.6 is 0 Å². The van der Waals surface area contributed by atoms with Crippen molar-refractivity contribution < 1.29 is 19.7 Å². The van der Waals surface area contributed by atoms with Crippen molar-refractivity contribution in [1.29, 1.82) is 0 Å². The zero-order valence-corrected chi connectivity index (χ0v) is 5.93. The molecule has 0 radical (unpaired) electrons. The summed E-state index contributed by atoms with van der Waals surface area (Å²) in [4.78, 5) is 0. The topological polar surface area (TPSA) is 58.9 Å². The maximum absolute atomic E-state index is 9.02. The van der Waals surface area contributed by atoms with Crippen molar-refractivity contribution in [3.8, 4) is 0 Å². The quantitative estimate of drug-likeness (QED) is 0.476. The Bertz CT molecular complexity index is 191. The molecule has 3 atom stereocenters. The highest BCUT2D eigenvalue weighted by Gasteiger charge is 2.42. The van der Waals surface area contributed by atoms with Gasteiger partial charge in [-0.1, -0.05) is 0 Å². The van der Waals surface area contributed by atoms with Crippen molar-refractivity contribution in [2.24, 2.45) is 0 Å². The fraction of sp³-hybridized carbons (Fsp3) is 0.714. The maximum atomic E-state index is 9.02. The lowest BCUT2D eigenvalue weighted by molar-refractivity contribution is -0.264. The van der Waals surface area contributed by atoms with Gasteiger partial charge in [-0.25, -0.2) is 0 Å². The Morgan fingerprint density at radius 1 is 1.36 bits per heavy atom. The van der Waals surface area contributed by atoms with E-state index in [2.05, 4.69) is 0 Å². The second-order valence-corrected chi connectivity index (χ2v) is 2.79. The molecule has 1 saturated heterocycles. The SMILES string of the molecule is OC1C=CC2(CCC(O)O2)O1. The van der Waals surface area contributed by atoms with Gasteiger partial charge in [-0.2, -0.15) is 0 Å². The van der Waals surface area contributed by atoms with E-state index >= 15 is 0 Å². The van der Waals surface area contributed by atoms with Crippen LogP contribution in [-0.2, 0) is 9.47 Å². The molecule has 0 saturated carbocycles. The van der Waals surface area contributed by atoms with E-state index in [4.69, 9.17) is 19.7 Å². The summed E-state index contributed by atoms with van der Waals surface area (Å²) < 4.78 is 10.1. The minimum Gasteiger partial charge on any atom is -0.368 e. The molecule has 0 aromatic rings.